The molecule has 3 heterocycles. The summed E-state index contributed by atoms with van der Waals surface area (Å²) in [6.07, 6.45) is 8.10. The van der Waals surface area contributed by atoms with Gasteiger partial charge in [-0.2, -0.15) is 0 Å². The maximum Gasteiger partial charge on any atom is 0.315 e. The average molecular weight is 414 g/mol. The molecule has 6 atom stereocenters. The van der Waals surface area contributed by atoms with Gasteiger partial charge in [-0.3, -0.25) is 4.79 Å². The molecule has 4 aliphatic rings. The Hall–Kier alpha value is -1.99. The second kappa shape index (κ2) is 7.61. The minimum atomic E-state index is -0.521. The third kappa shape index (κ3) is 3.14. The molecule has 162 valence electrons. The van der Waals surface area contributed by atoms with Gasteiger partial charge in [0.05, 0.1) is 38.8 Å². The first-order chi connectivity index (χ1) is 14.5. The number of nitrogens with zero attached hydrogens (tertiary/aromatic N) is 3. The quantitative estimate of drug-likeness (QED) is 0.554. The molecule has 2 aliphatic heterocycles. The van der Waals surface area contributed by atoms with E-state index >= 15 is 0 Å². The predicted molar refractivity (Wildman–Crippen MR) is 112 cm³/mol. The maximum absolute atomic E-state index is 12.8. The number of aliphatic hydroxyl groups excluding tert-OH is 1. The van der Waals surface area contributed by atoms with E-state index in [4.69, 9.17) is 4.74 Å². The number of esters is 1. The SMILES string of the molecule is C[C@H]1CCC=C2C[C@H]3OC(=O)[C@@H](C[NH+]4CCN(c5ncccn5)CC4)[C@H]3[C@@H](O)[C@@]21C. The molecule has 1 saturated carbocycles. The third-order valence-electron chi connectivity index (χ3n) is 8.38. The summed E-state index contributed by atoms with van der Waals surface area (Å²) in [5.74, 6) is 0.778. The first-order valence-electron chi connectivity index (χ1n) is 11.4. The summed E-state index contributed by atoms with van der Waals surface area (Å²) < 4.78 is 5.83. The summed E-state index contributed by atoms with van der Waals surface area (Å²) in [5.41, 5.74) is 1.07. The Morgan fingerprint density at radius 2 is 2.03 bits per heavy atom. The summed E-state index contributed by atoms with van der Waals surface area (Å²) in [5, 5.41) is 11.5. The molecule has 0 amide bonds. The third-order valence-corrected chi connectivity index (χ3v) is 8.38. The van der Waals surface area contributed by atoms with Gasteiger partial charge in [0.15, 0.2) is 0 Å². The van der Waals surface area contributed by atoms with E-state index in [1.807, 2.05) is 6.07 Å². The van der Waals surface area contributed by atoms with Crippen LogP contribution in [0.2, 0.25) is 0 Å². The minimum absolute atomic E-state index is 0.0943. The zero-order chi connectivity index (χ0) is 20.9. The van der Waals surface area contributed by atoms with Gasteiger partial charge in [0.1, 0.15) is 12.0 Å². The lowest BCUT2D eigenvalue weighted by Crippen LogP contribution is -3.15. The summed E-state index contributed by atoms with van der Waals surface area (Å²) >= 11 is 0. The van der Waals surface area contributed by atoms with E-state index < -0.39 is 6.10 Å². The highest BCUT2D eigenvalue weighted by molar-refractivity contribution is 5.76. The zero-order valence-electron chi connectivity index (χ0n) is 18.0. The minimum Gasteiger partial charge on any atom is -0.461 e. The standard InChI is InChI=1S/C23H32N4O3/c1-15-5-3-6-16-13-18-19(20(28)23(15,16)2)17(21(29)30-18)14-26-9-11-27(12-10-26)22-24-7-4-8-25-22/h4,6-8,15,17-20,28H,3,5,9-14H2,1-2H3/p+1/t15-,17-,18+,19+,20+,23+/m0/s1. The molecule has 30 heavy (non-hydrogen) atoms. The topological polar surface area (TPSA) is 80.0 Å². The highest BCUT2D eigenvalue weighted by Gasteiger charge is 2.60. The lowest BCUT2D eigenvalue weighted by Gasteiger charge is -2.51. The van der Waals surface area contributed by atoms with Crippen LogP contribution in [0, 0.1) is 23.2 Å². The Bertz CT molecular complexity index is 823. The number of piperazine rings is 1. The highest BCUT2D eigenvalue weighted by Crippen LogP contribution is 2.55. The van der Waals surface area contributed by atoms with Crippen LogP contribution in [0.1, 0.15) is 33.1 Å². The fourth-order valence-corrected chi connectivity index (χ4v) is 6.29. The molecule has 7 heteroatoms. The second-order valence-electron chi connectivity index (χ2n) is 9.79. The zero-order valence-corrected chi connectivity index (χ0v) is 18.0. The van der Waals surface area contributed by atoms with Crippen molar-refractivity contribution < 1.29 is 19.5 Å². The van der Waals surface area contributed by atoms with E-state index in [-0.39, 0.29) is 29.3 Å². The molecule has 7 nitrogen and oxygen atoms in total. The Balaban J connectivity index is 1.28. The number of aliphatic hydroxyl groups is 1. The van der Waals surface area contributed by atoms with Crippen molar-refractivity contribution >= 4 is 11.9 Å². The Morgan fingerprint density at radius 1 is 1.30 bits per heavy atom. The number of anilines is 1. The number of nitrogens with one attached hydrogen (secondary N) is 1. The molecule has 0 aromatic carbocycles. The first-order valence-corrected chi connectivity index (χ1v) is 11.4. The molecule has 1 aromatic rings. The van der Waals surface area contributed by atoms with Crippen molar-refractivity contribution in [2.24, 2.45) is 23.2 Å². The van der Waals surface area contributed by atoms with Crippen LogP contribution in [0.4, 0.5) is 5.95 Å². The van der Waals surface area contributed by atoms with Gasteiger partial charge in [-0.1, -0.05) is 25.5 Å². The lowest BCUT2D eigenvalue weighted by molar-refractivity contribution is -0.903. The number of ether oxygens (including phenoxy) is 1. The number of carbonyl (C=O) groups is 1. The number of hydrogen-bond acceptors (Lipinski definition) is 6. The van der Waals surface area contributed by atoms with Crippen LogP contribution in [0.3, 0.4) is 0 Å². The van der Waals surface area contributed by atoms with Gasteiger partial charge in [-0.05, 0) is 24.8 Å². The van der Waals surface area contributed by atoms with Gasteiger partial charge in [0.2, 0.25) is 5.95 Å². The van der Waals surface area contributed by atoms with Crippen LogP contribution in [-0.2, 0) is 9.53 Å². The van der Waals surface area contributed by atoms with Crippen molar-refractivity contribution in [2.45, 2.75) is 45.3 Å². The molecule has 2 aliphatic carbocycles. The number of allylic oxidation sites excluding steroid dienone is 1. The molecule has 2 saturated heterocycles. The van der Waals surface area contributed by atoms with E-state index in [1.54, 1.807) is 12.4 Å². The van der Waals surface area contributed by atoms with Crippen LogP contribution in [-0.4, -0.2) is 66.0 Å². The number of aromatic nitrogens is 2. The van der Waals surface area contributed by atoms with Crippen molar-refractivity contribution in [3.8, 4) is 0 Å². The van der Waals surface area contributed by atoms with Gasteiger partial charge in [0.25, 0.3) is 0 Å². The fraction of sp³-hybridized carbons (Fsp3) is 0.696. The molecule has 0 bridgehead atoms. The van der Waals surface area contributed by atoms with Gasteiger partial charge in [-0.25, -0.2) is 9.97 Å². The van der Waals surface area contributed by atoms with Crippen LogP contribution < -0.4 is 9.80 Å². The molecular formula is C23H33N4O3+. The highest BCUT2D eigenvalue weighted by atomic mass is 16.6. The van der Waals surface area contributed by atoms with E-state index in [0.29, 0.717) is 5.92 Å². The van der Waals surface area contributed by atoms with Gasteiger partial charge < -0.3 is 19.6 Å². The largest absolute Gasteiger partial charge is 0.461 e. The van der Waals surface area contributed by atoms with E-state index in [2.05, 4.69) is 34.8 Å². The summed E-state index contributed by atoms with van der Waals surface area (Å²) in [6.45, 7) is 8.82. The molecule has 0 radical (unpaired) electrons. The van der Waals surface area contributed by atoms with Crippen molar-refractivity contribution in [1.29, 1.82) is 0 Å². The van der Waals surface area contributed by atoms with Gasteiger partial charge in [0, 0.05) is 30.1 Å². The van der Waals surface area contributed by atoms with Gasteiger partial charge in [-0.15, -0.1) is 0 Å². The van der Waals surface area contributed by atoms with Crippen LogP contribution in [0.5, 0.6) is 0 Å². The van der Waals surface area contributed by atoms with E-state index in [1.165, 1.54) is 10.5 Å². The van der Waals surface area contributed by atoms with Crippen molar-refractivity contribution in [2.75, 3.05) is 37.6 Å². The number of rotatable bonds is 3. The Morgan fingerprint density at radius 3 is 2.77 bits per heavy atom. The van der Waals surface area contributed by atoms with Crippen molar-refractivity contribution in [1.82, 2.24) is 9.97 Å². The number of fused-ring (bicyclic) bond motifs is 2. The van der Waals surface area contributed by atoms with Gasteiger partial charge >= 0.3 is 5.97 Å². The molecule has 5 rings (SSSR count). The first kappa shape index (κ1) is 19.9. The number of quaternary nitrogens is 1. The van der Waals surface area contributed by atoms with Crippen LogP contribution in [0.25, 0.3) is 0 Å². The smallest absolute Gasteiger partial charge is 0.315 e. The average Bonchev–Trinajstić information content (AvgIpc) is 3.07. The van der Waals surface area contributed by atoms with Crippen molar-refractivity contribution in [3.05, 3.63) is 30.1 Å². The number of carbonyl (C=O) groups excluding carboxylic acids is 1. The molecule has 0 spiro atoms. The van der Waals surface area contributed by atoms with Crippen molar-refractivity contribution in [3.63, 3.8) is 0 Å². The molecular weight excluding hydrogens is 380 g/mol. The Kier molecular flexibility index (Phi) is 5.06. The summed E-state index contributed by atoms with van der Waals surface area (Å²) in [7, 11) is 0. The molecule has 3 fully saturated rings. The molecule has 2 N–H and O–H groups in total. The fourth-order valence-electron chi connectivity index (χ4n) is 6.29. The summed E-state index contributed by atoms with van der Waals surface area (Å²) in [4.78, 5) is 25.2. The van der Waals surface area contributed by atoms with Crippen LogP contribution >= 0.6 is 0 Å². The number of hydrogen-bond donors (Lipinski definition) is 2. The van der Waals surface area contributed by atoms with Crippen LogP contribution in [0.15, 0.2) is 30.1 Å². The second-order valence-corrected chi connectivity index (χ2v) is 9.79. The normalized spacial score (nSPS) is 39.2. The van der Waals surface area contributed by atoms with E-state index in [9.17, 15) is 9.90 Å². The Labute approximate surface area is 178 Å². The molecule has 0 unspecified atom stereocenters. The monoisotopic (exact) mass is 413 g/mol. The lowest BCUT2D eigenvalue weighted by atomic mass is 9.55. The predicted octanol–water partition coefficient (Wildman–Crippen LogP) is 0.467. The molecule has 1 aromatic heterocycles. The summed E-state index contributed by atoms with van der Waals surface area (Å²) in [6, 6.07) is 1.83. The van der Waals surface area contributed by atoms with E-state index in [0.717, 1.165) is 57.9 Å². The maximum atomic E-state index is 12.8.